The van der Waals surface area contributed by atoms with Crippen LogP contribution in [0.5, 0.6) is 0 Å². The van der Waals surface area contributed by atoms with Gasteiger partial charge in [0.1, 0.15) is 5.83 Å². The summed E-state index contributed by atoms with van der Waals surface area (Å²) in [5.74, 6) is -0.456. The molecule has 0 amide bonds. The molecule has 0 aromatic rings. The fourth-order valence-corrected chi connectivity index (χ4v) is 0.730. The van der Waals surface area contributed by atoms with Gasteiger partial charge in [-0.25, -0.2) is 4.39 Å². The molecule has 0 bridgehead atoms. The van der Waals surface area contributed by atoms with Gasteiger partial charge in [0.25, 0.3) is 0 Å². The van der Waals surface area contributed by atoms with E-state index in [4.69, 9.17) is 5.73 Å². The Morgan fingerprint density at radius 3 is 2.75 bits per heavy atom. The highest BCUT2D eigenvalue weighted by molar-refractivity contribution is 5.24. The van der Waals surface area contributed by atoms with Crippen molar-refractivity contribution in [3.8, 4) is 0 Å². The van der Waals surface area contributed by atoms with Gasteiger partial charge in [0, 0.05) is 0 Å². The second-order valence-electron chi connectivity index (χ2n) is 2.55. The van der Waals surface area contributed by atoms with Gasteiger partial charge in [0.2, 0.25) is 0 Å². The number of unbranched alkanes of at least 4 members (excludes halogenated alkanes) is 2. The molecule has 0 heterocycles. The molecule has 12 heavy (non-hydrogen) atoms. The van der Waals surface area contributed by atoms with Crippen LogP contribution in [-0.2, 0) is 0 Å². The molecule has 0 aromatic heterocycles. The normalized spacial score (nSPS) is 13.2. The standard InChI is InChI=1S/C10H16FN/c1-3-5-6-7-8-10(12)9(11)4-2/h4,7-8H,2-3,5-6,12H2,1H3/b8-7-,10-9-. The number of halogens is 1. The summed E-state index contributed by atoms with van der Waals surface area (Å²) in [6, 6.07) is 0. The zero-order valence-electron chi connectivity index (χ0n) is 7.52. The molecule has 0 aromatic carbocycles. The van der Waals surface area contributed by atoms with Crippen molar-refractivity contribution in [1.82, 2.24) is 0 Å². The van der Waals surface area contributed by atoms with Crippen molar-refractivity contribution in [3.05, 3.63) is 36.3 Å². The highest BCUT2D eigenvalue weighted by atomic mass is 19.1. The van der Waals surface area contributed by atoms with Gasteiger partial charge in [-0.2, -0.15) is 0 Å². The zero-order chi connectivity index (χ0) is 9.40. The van der Waals surface area contributed by atoms with E-state index >= 15 is 0 Å². The van der Waals surface area contributed by atoms with Crippen molar-refractivity contribution < 1.29 is 4.39 Å². The van der Waals surface area contributed by atoms with E-state index in [-0.39, 0.29) is 5.70 Å². The molecule has 2 N–H and O–H groups in total. The van der Waals surface area contributed by atoms with Crippen LogP contribution < -0.4 is 5.73 Å². The third kappa shape index (κ3) is 4.72. The number of allylic oxidation sites excluding steroid dienone is 4. The van der Waals surface area contributed by atoms with E-state index in [1.54, 1.807) is 6.08 Å². The molecule has 1 nitrogen and oxygen atoms in total. The van der Waals surface area contributed by atoms with Gasteiger partial charge in [-0.1, -0.05) is 32.4 Å². The largest absolute Gasteiger partial charge is 0.396 e. The molecule has 0 aliphatic rings. The second-order valence-corrected chi connectivity index (χ2v) is 2.55. The first-order valence-corrected chi connectivity index (χ1v) is 4.16. The summed E-state index contributed by atoms with van der Waals surface area (Å²) < 4.78 is 12.6. The van der Waals surface area contributed by atoms with Crippen LogP contribution in [0.3, 0.4) is 0 Å². The minimum absolute atomic E-state index is 0.154. The molecule has 0 rings (SSSR count). The summed E-state index contributed by atoms with van der Waals surface area (Å²) in [5.41, 5.74) is 5.51. The highest BCUT2D eigenvalue weighted by Gasteiger charge is 1.91. The molecule has 0 atom stereocenters. The SMILES string of the molecule is C=C/C(F)=C(N)\C=C/CCCC. The molecule has 68 valence electrons. The molecular formula is C10H16FN. The van der Waals surface area contributed by atoms with E-state index in [1.807, 2.05) is 6.08 Å². The molecular weight excluding hydrogens is 153 g/mol. The lowest BCUT2D eigenvalue weighted by molar-refractivity contribution is 0.657. The Morgan fingerprint density at radius 1 is 1.58 bits per heavy atom. The molecule has 0 aliphatic heterocycles. The fourth-order valence-electron chi connectivity index (χ4n) is 0.730. The molecule has 0 fully saturated rings. The minimum Gasteiger partial charge on any atom is -0.396 e. The van der Waals surface area contributed by atoms with Crippen molar-refractivity contribution in [1.29, 1.82) is 0 Å². The Kier molecular flexibility index (Phi) is 6.07. The number of hydrogen-bond acceptors (Lipinski definition) is 1. The summed E-state index contributed by atoms with van der Waals surface area (Å²) in [7, 11) is 0. The Labute approximate surface area is 73.5 Å². The molecule has 0 saturated carbocycles. The first kappa shape index (κ1) is 11.0. The Hall–Kier alpha value is -1.05. The van der Waals surface area contributed by atoms with Gasteiger partial charge in [0.15, 0.2) is 0 Å². The maximum Gasteiger partial charge on any atom is 0.145 e. The van der Waals surface area contributed by atoms with Crippen LogP contribution >= 0.6 is 0 Å². The van der Waals surface area contributed by atoms with Crippen LogP contribution in [0.15, 0.2) is 36.3 Å². The highest BCUT2D eigenvalue weighted by Crippen LogP contribution is 2.04. The van der Waals surface area contributed by atoms with Crippen molar-refractivity contribution >= 4 is 0 Å². The average Bonchev–Trinajstić information content (AvgIpc) is 2.10. The molecule has 0 radical (unpaired) electrons. The molecule has 0 aliphatic carbocycles. The smallest absolute Gasteiger partial charge is 0.145 e. The fraction of sp³-hybridized carbons (Fsp3) is 0.400. The third-order valence-corrected chi connectivity index (χ3v) is 1.48. The molecule has 0 saturated heterocycles. The van der Waals surface area contributed by atoms with Gasteiger partial charge in [0.05, 0.1) is 5.70 Å². The van der Waals surface area contributed by atoms with E-state index in [0.29, 0.717) is 0 Å². The van der Waals surface area contributed by atoms with E-state index < -0.39 is 5.83 Å². The van der Waals surface area contributed by atoms with Crippen molar-refractivity contribution in [2.75, 3.05) is 0 Å². The van der Waals surface area contributed by atoms with E-state index in [2.05, 4.69) is 13.5 Å². The monoisotopic (exact) mass is 169 g/mol. The first-order valence-electron chi connectivity index (χ1n) is 4.16. The van der Waals surface area contributed by atoms with Crippen LogP contribution in [0.1, 0.15) is 26.2 Å². The average molecular weight is 169 g/mol. The number of nitrogens with two attached hydrogens (primary N) is 1. The molecule has 2 heteroatoms. The lowest BCUT2D eigenvalue weighted by atomic mass is 10.2. The quantitative estimate of drug-likeness (QED) is 0.496. The summed E-state index contributed by atoms with van der Waals surface area (Å²) in [4.78, 5) is 0. The van der Waals surface area contributed by atoms with Gasteiger partial charge >= 0.3 is 0 Å². The topological polar surface area (TPSA) is 26.0 Å². The number of rotatable bonds is 5. The van der Waals surface area contributed by atoms with E-state index in [9.17, 15) is 4.39 Å². The van der Waals surface area contributed by atoms with Crippen molar-refractivity contribution in [3.63, 3.8) is 0 Å². The van der Waals surface area contributed by atoms with Crippen LogP contribution in [0, 0.1) is 0 Å². The third-order valence-electron chi connectivity index (χ3n) is 1.48. The van der Waals surface area contributed by atoms with Gasteiger partial charge in [-0.3, -0.25) is 0 Å². The van der Waals surface area contributed by atoms with E-state index in [1.165, 1.54) is 0 Å². The predicted molar refractivity (Wildman–Crippen MR) is 51.2 cm³/mol. The first-order chi connectivity index (χ1) is 5.72. The zero-order valence-corrected chi connectivity index (χ0v) is 7.52. The van der Waals surface area contributed by atoms with E-state index in [0.717, 1.165) is 25.3 Å². The Morgan fingerprint density at radius 2 is 2.25 bits per heavy atom. The summed E-state index contributed by atoms with van der Waals surface area (Å²) >= 11 is 0. The van der Waals surface area contributed by atoms with Gasteiger partial charge in [-0.05, 0) is 18.6 Å². The summed E-state index contributed by atoms with van der Waals surface area (Å²) in [6.45, 7) is 5.39. The summed E-state index contributed by atoms with van der Waals surface area (Å²) in [5, 5.41) is 0. The van der Waals surface area contributed by atoms with Crippen LogP contribution in [0.4, 0.5) is 4.39 Å². The minimum atomic E-state index is -0.456. The second kappa shape index (κ2) is 6.65. The van der Waals surface area contributed by atoms with Crippen LogP contribution in [-0.4, -0.2) is 0 Å². The Bertz CT molecular complexity index is 192. The van der Waals surface area contributed by atoms with Gasteiger partial charge < -0.3 is 5.73 Å². The van der Waals surface area contributed by atoms with Gasteiger partial charge in [-0.15, -0.1) is 0 Å². The number of hydrogen-bond donors (Lipinski definition) is 1. The Balaban J connectivity index is 3.90. The maximum atomic E-state index is 12.6. The lowest BCUT2D eigenvalue weighted by Gasteiger charge is -1.93. The molecule has 0 unspecified atom stereocenters. The van der Waals surface area contributed by atoms with Crippen molar-refractivity contribution in [2.24, 2.45) is 5.73 Å². The lowest BCUT2D eigenvalue weighted by Crippen LogP contribution is -1.94. The van der Waals surface area contributed by atoms with Crippen LogP contribution in [0.25, 0.3) is 0 Å². The molecule has 0 spiro atoms. The predicted octanol–water partition coefficient (Wildman–Crippen LogP) is 3.06. The van der Waals surface area contributed by atoms with Crippen molar-refractivity contribution in [2.45, 2.75) is 26.2 Å². The van der Waals surface area contributed by atoms with Crippen LogP contribution in [0.2, 0.25) is 0 Å². The maximum absolute atomic E-state index is 12.6. The summed E-state index contributed by atoms with van der Waals surface area (Å²) in [6.07, 6.45) is 7.77.